The van der Waals surface area contributed by atoms with E-state index in [9.17, 15) is 22.8 Å². The highest BCUT2D eigenvalue weighted by atomic mass is 19.4. The third kappa shape index (κ3) is 4.81. The third-order valence-corrected chi connectivity index (χ3v) is 1.89. The molecule has 0 aliphatic heterocycles. The number of nitrogens with one attached hydrogen (secondary N) is 1. The Morgan fingerprint density at radius 3 is 2.61 bits per heavy atom. The molecule has 1 rings (SSSR count). The summed E-state index contributed by atoms with van der Waals surface area (Å²) < 4.78 is 35.5. The summed E-state index contributed by atoms with van der Waals surface area (Å²) in [6, 6.07) is 2.42. The van der Waals surface area contributed by atoms with Crippen LogP contribution in [0, 0.1) is 0 Å². The lowest BCUT2D eigenvalue weighted by molar-refractivity contribution is -0.153. The van der Waals surface area contributed by atoms with Crippen molar-refractivity contribution < 1.29 is 27.9 Å². The Labute approximate surface area is 99.6 Å². The standard InChI is InChI=1S/C10H9F3N2O3/c11-10(12,13)4-8(16)15-5-7-3-6(9(17)18)1-2-14-7/h1-3H,4-5H2,(H,15,16)(H,17,18). The van der Waals surface area contributed by atoms with Gasteiger partial charge in [-0.1, -0.05) is 0 Å². The van der Waals surface area contributed by atoms with E-state index in [1.54, 1.807) is 0 Å². The van der Waals surface area contributed by atoms with E-state index < -0.39 is 24.5 Å². The lowest BCUT2D eigenvalue weighted by Crippen LogP contribution is -2.28. The summed E-state index contributed by atoms with van der Waals surface area (Å²) in [5.74, 6) is -2.37. The zero-order valence-corrected chi connectivity index (χ0v) is 8.99. The average Bonchev–Trinajstić information content (AvgIpc) is 2.24. The molecule has 0 fully saturated rings. The van der Waals surface area contributed by atoms with E-state index in [0.29, 0.717) is 0 Å². The number of hydrogen-bond acceptors (Lipinski definition) is 3. The number of halogens is 3. The maximum Gasteiger partial charge on any atom is 0.397 e. The van der Waals surface area contributed by atoms with Crippen LogP contribution in [0.25, 0.3) is 0 Å². The van der Waals surface area contributed by atoms with Crippen LogP contribution in [0.5, 0.6) is 0 Å². The average molecular weight is 262 g/mol. The van der Waals surface area contributed by atoms with Gasteiger partial charge in [-0.2, -0.15) is 13.2 Å². The largest absolute Gasteiger partial charge is 0.478 e. The second-order valence-electron chi connectivity index (χ2n) is 3.41. The molecule has 8 heteroatoms. The summed E-state index contributed by atoms with van der Waals surface area (Å²) in [5, 5.41) is 10.7. The number of carboxylic acid groups (broad SMARTS) is 1. The normalized spacial score (nSPS) is 11.1. The number of amides is 1. The summed E-state index contributed by atoms with van der Waals surface area (Å²) in [7, 11) is 0. The number of aromatic nitrogens is 1. The number of nitrogens with zero attached hydrogens (tertiary/aromatic N) is 1. The Hall–Kier alpha value is -2.12. The molecule has 0 radical (unpaired) electrons. The van der Waals surface area contributed by atoms with Gasteiger partial charge in [0.1, 0.15) is 6.42 Å². The first kappa shape index (κ1) is 13.9. The van der Waals surface area contributed by atoms with Crippen molar-refractivity contribution in [3.8, 4) is 0 Å². The van der Waals surface area contributed by atoms with Gasteiger partial charge in [-0.05, 0) is 12.1 Å². The van der Waals surface area contributed by atoms with Crippen molar-refractivity contribution in [3.63, 3.8) is 0 Å². The van der Waals surface area contributed by atoms with Crippen LogP contribution in [-0.4, -0.2) is 28.1 Å². The molecular weight excluding hydrogens is 253 g/mol. The molecule has 2 N–H and O–H groups in total. The second kappa shape index (κ2) is 5.48. The molecule has 5 nitrogen and oxygen atoms in total. The van der Waals surface area contributed by atoms with Crippen LogP contribution in [0.1, 0.15) is 22.5 Å². The Morgan fingerprint density at radius 2 is 2.06 bits per heavy atom. The fourth-order valence-electron chi connectivity index (χ4n) is 1.14. The highest BCUT2D eigenvalue weighted by Crippen LogP contribution is 2.18. The summed E-state index contributed by atoms with van der Waals surface area (Å²) in [6.45, 7) is -0.254. The maximum absolute atomic E-state index is 11.8. The van der Waals surface area contributed by atoms with Gasteiger partial charge in [0.05, 0.1) is 17.8 Å². The van der Waals surface area contributed by atoms with E-state index in [2.05, 4.69) is 4.98 Å². The monoisotopic (exact) mass is 262 g/mol. The van der Waals surface area contributed by atoms with Crippen molar-refractivity contribution in [2.75, 3.05) is 0 Å². The minimum atomic E-state index is -4.57. The molecule has 1 aromatic rings. The molecule has 98 valence electrons. The minimum absolute atomic E-state index is 0.0509. The molecule has 1 aromatic heterocycles. The van der Waals surface area contributed by atoms with Crippen LogP contribution in [0.2, 0.25) is 0 Å². The smallest absolute Gasteiger partial charge is 0.397 e. The van der Waals surface area contributed by atoms with Gasteiger partial charge in [0.15, 0.2) is 0 Å². The Kier molecular flexibility index (Phi) is 4.24. The summed E-state index contributed by atoms with van der Waals surface area (Å²) in [5.41, 5.74) is 0.121. The van der Waals surface area contributed by atoms with Crippen molar-refractivity contribution in [2.45, 2.75) is 19.1 Å². The topological polar surface area (TPSA) is 79.3 Å². The molecule has 0 atom stereocenters. The van der Waals surface area contributed by atoms with Crippen LogP contribution in [-0.2, 0) is 11.3 Å². The Balaban J connectivity index is 2.56. The first-order chi connectivity index (χ1) is 8.28. The first-order valence-electron chi connectivity index (χ1n) is 4.79. The van der Waals surface area contributed by atoms with Crippen molar-refractivity contribution >= 4 is 11.9 Å². The quantitative estimate of drug-likeness (QED) is 0.858. The summed E-state index contributed by atoms with van der Waals surface area (Å²) >= 11 is 0. The molecule has 18 heavy (non-hydrogen) atoms. The molecule has 0 unspecified atom stereocenters. The fraction of sp³-hybridized carbons (Fsp3) is 0.300. The van der Waals surface area contributed by atoms with Crippen LogP contribution in [0.4, 0.5) is 13.2 Å². The summed E-state index contributed by atoms with van der Waals surface area (Å²) in [4.78, 5) is 25.2. The van der Waals surface area contributed by atoms with E-state index in [-0.39, 0.29) is 17.8 Å². The van der Waals surface area contributed by atoms with E-state index >= 15 is 0 Å². The number of carbonyl (C=O) groups is 2. The molecule has 0 aliphatic rings. The molecule has 0 aromatic carbocycles. The lowest BCUT2D eigenvalue weighted by Gasteiger charge is -2.07. The molecular formula is C10H9F3N2O3. The predicted octanol–water partition coefficient (Wildman–Crippen LogP) is 1.35. The van der Waals surface area contributed by atoms with Crippen LogP contribution in [0.3, 0.4) is 0 Å². The molecule has 0 saturated carbocycles. The number of aromatic carboxylic acids is 1. The van der Waals surface area contributed by atoms with Gasteiger partial charge < -0.3 is 10.4 Å². The van der Waals surface area contributed by atoms with Gasteiger partial charge in [-0.25, -0.2) is 4.79 Å². The number of hydrogen-bond donors (Lipinski definition) is 2. The zero-order valence-electron chi connectivity index (χ0n) is 8.99. The zero-order chi connectivity index (χ0) is 13.8. The number of rotatable bonds is 4. The van der Waals surface area contributed by atoms with E-state index in [1.165, 1.54) is 18.3 Å². The first-order valence-corrected chi connectivity index (χ1v) is 4.79. The molecule has 1 heterocycles. The van der Waals surface area contributed by atoms with Gasteiger partial charge >= 0.3 is 12.1 Å². The second-order valence-corrected chi connectivity index (χ2v) is 3.41. The number of carboxylic acids is 1. The van der Waals surface area contributed by atoms with E-state index in [0.717, 1.165) is 0 Å². The molecule has 1 amide bonds. The third-order valence-electron chi connectivity index (χ3n) is 1.89. The summed E-state index contributed by atoms with van der Waals surface area (Å²) in [6.07, 6.45) is -4.94. The molecule has 0 spiro atoms. The van der Waals surface area contributed by atoms with Crippen molar-refractivity contribution in [1.29, 1.82) is 0 Å². The fourth-order valence-corrected chi connectivity index (χ4v) is 1.14. The van der Waals surface area contributed by atoms with Crippen molar-refractivity contribution in [2.24, 2.45) is 0 Å². The highest BCUT2D eigenvalue weighted by molar-refractivity contribution is 5.87. The van der Waals surface area contributed by atoms with Gasteiger partial charge in [0, 0.05) is 6.20 Å². The van der Waals surface area contributed by atoms with E-state index in [4.69, 9.17) is 5.11 Å². The van der Waals surface area contributed by atoms with Gasteiger partial charge in [0.25, 0.3) is 0 Å². The molecule has 0 saturated heterocycles. The Morgan fingerprint density at radius 1 is 1.39 bits per heavy atom. The van der Waals surface area contributed by atoms with Crippen LogP contribution in [0.15, 0.2) is 18.3 Å². The van der Waals surface area contributed by atoms with Crippen LogP contribution < -0.4 is 5.32 Å². The number of pyridine rings is 1. The van der Waals surface area contributed by atoms with Crippen molar-refractivity contribution in [3.05, 3.63) is 29.6 Å². The van der Waals surface area contributed by atoms with Gasteiger partial charge in [0.2, 0.25) is 5.91 Å². The maximum atomic E-state index is 11.8. The van der Waals surface area contributed by atoms with E-state index in [1.807, 2.05) is 5.32 Å². The number of alkyl halides is 3. The number of carbonyl (C=O) groups excluding carboxylic acids is 1. The predicted molar refractivity (Wildman–Crippen MR) is 53.7 cm³/mol. The SMILES string of the molecule is O=C(CC(F)(F)F)NCc1cc(C(=O)O)ccn1. The van der Waals surface area contributed by atoms with Crippen molar-refractivity contribution in [1.82, 2.24) is 10.3 Å². The van der Waals surface area contributed by atoms with Gasteiger partial charge in [-0.15, -0.1) is 0 Å². The molecule has 0 aliphatic carbocycles. The van der Waals surface area contributed by atoms with Crippen LogP contribution >= 0.6 is 0 Å². The minimum Gasteiger partial charge on any atom is -0.478 e. The molecule has 0 bridgehead atoms. The van der Waals surface area contributed by atoms with Gasteiger partial charge in [-0.3, -0.25) is 9.78 Å². The highest BCUT2D eigenvalue weighted by Gasteiger charge is 2.30. The Bertz CT molecular complexity index is 460. The lowest BCUT2D eigenvalue weighted by atomic mass is 10.2.